The number of carbonyl (C=O) groups excluding carboxylic acids is 2. The van der Waals surface area contributed by atoms with Crippen molar-refractivity contribution in [2.45, 2.75) is 245 Å². The van der Waals surface area contributed by atoms with Gasteiger partial charge in [-0.3, -0.25) is 14.5 Å². The zero-order valence-electron chi connectivity index (χ0n) is 37.8. The first-order valence-corrected chi connectivity index (χ1v) is 24.9. The zero-order valence-corrected chi connectivity index (χ0v) is 37.8. The molecular weight excluding hydrogens is 697 g/mol. The predicted molar refractivity (Wildman–Crippen MR) is 238 cm³/mol. The highest BCUT2D eigenvalue weighted by Crippen LogP contribution is 2.21. The fourth-order valence-corrected chi connectivity index (χ4v) is 8.29. The van der Waals surface area contributed by atoms with Crippen molar-refractivity contribution in [3.63, 3.8) is 0 Å². The van der Waals surface area contributed by atoms with Gasteiger partial charge in [-0.05, 0) is 38.5 Å². The van der Waals surface area contributed by atoms with Gasteiger partial charge in [0, 0.05) is 39.1 Å². The second-order valence-corrected chi connectivity index (χ2v) is 17.5. The summed E-state index contributed by atoms with van der Waals surface area (Å²) in [5.41, 5.74) is 0. The number of hydrogen-bond acceptors (Lipinski definition) is 6. The Morgan fingerprint density at radius 3 is 1.46 bits per heavy atom. The maximum absolute atomic E-state index is 13.4. The van der Waals surface area contributed by atoms with Crippen molar-refractivity contribution in [3.05, 3.63) is 0 Å². The first kappa shape index (κ1) is 52.8. The summed E-state index contributed by atoms with van der Waals surface area (Å²) in [6.07, 6.45) is 40.6. The van der Waals surface area contributed by atoms with Crippen molar-refractivity contribution in [2.75, 3.05) is 52.5 Å². The van der Waals surface area contributed by atoms with Gasteiger partial charge in [-0.1, -0.05) is 194 Å². The van der Waals surface area contributed by atoms with Crippen LogP contribution in [0.25, 0.3) is 0 Å². The van der Waals surface area contributed by atoms with Crippen molar-refractivity contribution in [1.82, 2.24) is 9.80 Å². The number of rotatable bonds is 42. The van der Waals surface area contributed by atoms with Gasteiger partial charge in [-0.2, -0.15) is 0 Å². The molecule has 1 rings (SSSR count). The summed E-state index contributed by atoms with van der Waals surface area (Å²) in [5.74, 6) is 0.271. The molecule has 7 heteroatoms. The first-order valence-electron chi connectivity index (χ1n) is 24.9. The van der Waals surface area contributed by atoms with Gasteiger partial charge in [0.15, 0.2) is 0 Å². The van der Waals surface area contributed by atoms with Crippen molar-refractivity contribution in [1.29, 1.82) is 0 Å². The molecule has 0 saturated carbocycles. The van der Waals surface area contributed by atoms with E-state index in [0.29, 0.717) is 45.9 Å². The molecule has 0 aliphatic carbocycles. The number of morpholine rings is 1. The van der Waals surface area contributed by atoms with E-state index in [1.807, 2.05) is 4.90 Å². The normalized spacial score (nSPS) is 14.6. The number of β-amino-alcohol motifs (C(OH)–C–C–N with tert-alkyl or cyclic N) is 1. The van der Waals surface area contributed by atoms with Gasteiger partial charge in [0.2, 0.25) is 5.91 Å². The van der Waals surface area contributed by atoms with Crippen LogP contribution in [-0.2, 0) is 19.1 Å². The van der Waals surface area contributed by atoms with E-state index in [0.717, 1.165) is 77.3 Å². The maximum atomic E-state index is 13.4. The lowest BCUT2D eigenvalue weighted by Gasteiger charge is -2.31. The molecule has 1 amide bonds. The van der Waals surface area contributed by atoms with Crippen molar-refractivity contribution in [3.8, 4) is 0 Å². The quantitative estimate of drug-likeness (QED) is 0.0490. The topological polar surface area (TPSA) is 79.3 Å². The molecule has 1 heterocycles. The molecule has 1 aliphatic heterocycles. The molecule has 56 heavy (non-hydrogen) atoms. The van der Waals surface area contributed by atoms with Crippen LogP contribution in [0.15, 0.2) is 0 Å². The Balaban J connectivity index is 2.36. The van der Waals surface area contributed by atoms with Crippen LogP contribution in [0.2, 0.25) is 0 Å². The van der Waals surface area contributed by atoms with E-state index in [9.17, 15) is 14.7 Å². The fourth-order valence-electron chi connectivity index (χ4n) is 8.29. The number of aliphatic hydroxyl groups excluding tert-OH is 1. The van der Waals surface area contributed by atoms with Crippen LogP contribution in [0.3, 0.4) is 0 Å². The van der Waals surface area contributed by atoms with Gasteiger partial charge in [0.05, 0.1) is 31.8 Å². The Morgan fingerprint density at radius 2 is 0.982 bits per heavy atom. The average molecular weight is 793 g/mol. The fraction of sp³-hybridized carbons (Fsp3) is 0.959. The smallest absolute Gasteiger partial charge is 0.308 e. The van der Waals surface area contributed by atoms with E-state index < -0.39 is 6.10 Å². The van der Waals surface area contributed by atoms with Gasteiger partial charge in [0.1, 0.15) is 0 Å². The summed E-state index contributed by atoms with van der Waals surface area (Å²) < 4.78 is 11.3. The van der Waals surface area contributed by atoms with Crippen LogP contribution >= 0.6 is 0 Å². The van der Waals surface area contributed by atoms with Gasteiger partial charge < -0.3 is 19.5 Å². The Labute approximate surface area is 348 Å². The number of amides is 1. The second-order valence-electron chi connectivity index (χ2n) is 17.5. The minimum atomic E-state index is -0.543. The van der Waals surface area contributed by atoms with Crippen LogP contribution in [0.4, 0.5) is 0 Å². The molecule has 0 aromatic heterocycles. The number of ether oxygens (including phenoxy) is 2. The summed E-state index contributed by atoms with van der Waals surface area (Å²) in [6, 6.07) is 0. The Morgan fingerprint density at radius 1 is 0.571 bits per heavy atom. The van der Waals surface area contributed by atoms with E-state index in [-0.39, 0.29) is 17.8 Å². The average Bonchev–Trinajstić information content (AvgIpc) is 3.20. The standard InChI is InChI=1S/C49H96N2O5/c1-4-7-10-13-15-16-17-18-19-20-21-22-24-27-32-37-48(53)51(45-47(52)44-50-39-42-55-43-40-50)38-33-28-29-34-41-56-49(54)46(35-30-25-12-9-6-3)36-31-26-23-14-11-8-5-2/h46-47,52H,4-45H2,1-3H3. The highest BCUT2D eigenvalue weighted by Gasteiger charge is 2.21. The summed E-state index contributed by atoms with van der Waals surface area (Å²) >= 11 is 0. The Hall–Kier alpha value is -1.18. The highest BCUT2D eigenvalue weighted by molar-refractivity contribution is 5.76. The second kappa shape index (κ2) is 40.6. The van der Waals surface area contributed by atoms with Gasteiger partial charge in [-0.15, -0.1) is 0 Å². The van der Waals surface area contributed by atoms with Crippen LogP contribution in [0.1, 0.15) is 239 Å². The molecule has 0 radical (unpaired) electrons. The van der Waals surface area contributed by atoms with E-state index in [1.165, 1.54) is 148 Å². The van der Waals surface area contributed by atoms with Crippen LogP contribution in [0.5, 0.6) is 0 Å². The van der Waals surface area contributed by atoms with Gasteiger partial charge >= 0.3 is 5.97 Å². The lowest BCUT2D eigenvalue weighted by molar-refractivity contribution is -0.149. The molecule has 7 nitrogen and oxygen atoms in total. The molecule has 1 aliphatic rings. The number of nitrogens with zero attached hydrogens (tertiary/aromatic N) is 2. The molecule has 1 saturated heterocycles. The third-order valence-electron chi connectivity index (χ3n) is 12.1. The van der Waals surface area contributed by atoms with E-state index in [2.05, 4.69) is 25.7 Å². The number of hydrogen-bond donors (Lipinski definition) is 1. The molecule has 332 valence electrons. The van der Waals surface area contributed by atoms with Gasteiger partial charge in [-0.25, -0.2) is 0 Å². The molecule has 0 aromatic carbocycles. The molecule has 0 spiro atoms. The van der Waals surface area contributed by atoms with Crippen LogP contribution in [-0.4, -0.2) is 85.4 Å². The van der Waals surface area contributed by atoms with E-state index >= 15 is 0 Å². The Kier molecular flexibility index (Phi) is 38.3. The summed E-state index contributed by atoms with van der Waals surface area (Å²) in [7, 11) is 0. The van der Waals surface area contributed by atoms with Crippen molar-refractivity contribution < 1.29 is 24.2 Å². The first-order chi connectivity index (χ1) is 27.5. The van der Waals surface area contributed by atoms with E-state index in [1.54, 1.807) is 0 Å². The summed E-state index contributed by atoms with van der Waals surface area (Å²) in [6.45, 7) is 12.1. The number of unbranched alkanes of at least 4 members (excludes halogenated alkanes) is 27. The van der Waals surface area contributed by atoms with E-state index in [4.69, 9.17) is 9.47 Å². The zero-order chi connectivity index (χ0) is 40.6. The van der Waals surface area contributed by atoms with Crippen LogP contribution < -0.4 is 0 Å². The van der Waals surface area contributed by atoms with Crippen molar-refractivity contribution in [2.24, 2.45) is 5.92 Å². The number of carbonyl (C=O) groups is 2. The maximum Gasteiger partial charge on any atom is 0.308 e. The minimum Gasteiger partial charge on any atom is -0.465 e. The molecular formula is C49H96N2O5. The third-order valence-corrected chi connectivity index (χ3v) is 12.1. The predicted octanol–water partition coefficient (Wildman–Crippen LogP) is 13.0. The molecule has 2 atom stereocenters. The Bertz CT molecular complexity index is 850. The summed E-state index contributed by atoms with van der Waals surface area (Å²) in [5, 5.41) is 11.0. The molecule has 1 N–H and O–H groups in total. The van der Waals surface area contributed by atoms with Crippen LogP contribution in [0, 0.1) is 5.92 Å². The SMILES string of the molecule is CCCCCCCCCCCCCCCCCC(=O)N(CCCCCCOC(=O)C(CCCCCCC)CCCCCCCCC)CC(O)CN1CCOCC1. The number of esters is 1. The molecule has 1 fully saturated rings. The molecule has 0 aromatic rings. The minimum absolute atomic E-state index is 0.0244. The van der Waals surface area contributed by atoms with Crippen molar-refractivity contribution >= 4 is 11.9 Å². The molecule has 0 bridgehead atoms. The lowest BCUT2D eigenvalue weighted by atomic mass is 9.94. The third kappa shape index (κ3) is 32.7. The lowest BCUT2D eigenvalue weighted by Crippen LogP contribution is -2.46. The largest absolute Gasteiger partial charge is 0.465 e. The highest BCUT2D eigenvalue weighted by atomic mass is 16.5. The molecule has 2 unspecified atom stereocenters. The van der Waals surface area contributed by atoms with Gasteiger partial charge in [0.25, 0.3) is 0 Å². The number of aliphatic hydroxyl groups is 1. The monoisotopic (exact) mass is 793 g/mol. The summed E-state index contributed by atoms with van der Waals surface area (Å²) in [4.78, 5) is 30.7.